The van der Waals surface area contributed by atoms with Gasteiger partial charge >= 0.3 is 0 Å². The van der Waals surface area contributed by atoms with Gasteiger partial charge in [-0.2, -0.15) is 0 Å². The van der Waals surface area contributed by atoms with Crippen molar-refractivity contribution in [2.24, 2.45) is 5.92 Å². The molecule has 0 heterocycles. The van der Waals surface area contributed by atoms with E-state index in [1.165, 1.54) is 18.2 Å². The molecule has 19 heavy (non-hydrogen) atoms. The van der Waals surface area contributed by atoms with E-state index in [4.69, 9.17) is 0 Å². The molecule has 3 nitrogen and oxygen atoms in total. The van der Waals surface area contributed by atoms with Gasteiger partial charge in [0.2, 0.25) is 10.0 Å². The fourth-order valence-corrected chi connectivity index (χ4v) is 4.01. The van der Waals surface area contributed by atoms with Gasteiger partial charge in [0.25, 0.3) is 0 Å². The van der Waals surface area contributed by atoms with E-state index in [-0.39, 0.29) is 16.8 Å². The molecule has 0 saturated heterocycles. The maximum absolute atomic E-state index is 13.2. The lowest BCUT2D eigenvalue weighted by atomic mass is 9.87. The van der Waals surface area contributed by atoms with Crippen LogP contribution in [0.25, 0.3) is 0 Å². The maximum Gasteiger partial charge on any atom is 0.240 e. The van der Waals surface area contributed by atoms with E-state index in [0.29, 0.717) is 11.5 Å². The van der Waals surface area contributed by atoms with Gasteiger partial charge in [0, 0.05) is 6.04 Å². The van der Waals surface area contributed by atoms with E-state index in [2.05, 4.69) is 11.6 Å². The van der Waals surface area contributed by atoms with Crippen LogP contribution in [-0.4, -0.2) is 14.5 Å². The summed E-state index contributed by atoms with van der Waals surface area (Å²) in [5.74, 6) is -0.0324. The number of halogens is 1. The number of benzene rings is 1. The van der Waals surface area contributed by atoms with Crippen molar-refractivity contribution in [1.82, 2.24) is 4.72 Å². The first kappa shape index (κ1) is 14.5. The van der Waals surface area contributed by atoms with Gasteiger partial charge in [-0.25, -0.2) is 17.5 Å². The van der Waals surface area contributed by atoms with Crippen LogP contribution in [0.15, 0.2) is 23.1 Å². The summed E-state index contributed by atoms with van der Waals surface area (Å²) in [6, 6.07) is 3.89. The van der Waals surface area contributed by atoms with Crippen LogP contribution in [0.1, 0.15) is 38.2 Å². The normalized spacial score (nSPS) is 24.4. The van der Waals surface area contributed by atoms with E-state index in [0.717, 1.165) is 25.7 Å². The van der Waals surface area contributed by atoms with E-state index >= 15 is 0 Å². The van der Waals surface area contributed by atoms with Crippen LogP contribution in [0.5, 0.6) is 0 Å². The van der Waals surface area contributed by atoms with Crippen LogP contribution in [0.3, 0.4) is 0 Å². The summed E-state index contributed by atoms with van der Waals surface area (Å²) in [6.45, 7) is 3.64. The monoisotopic (exact) mass is 285 g/mol. The molecule has 5 heteroatoms. The topological polar surface area (TPSA) is 46.2 Å². The predicted molar refractivity (Wildman–Crippen MR) is 72.9 cm³/mol. The van der Waals surface area contributed by atoms with Gasteiger partial charge in [-0.1, -0.05) is 19.8 Å². The molecule has 1 aliphatic carbocycles. The number of aryl methyl sites for hydroxylation is 1. The first-order valence-electron chi connectivity index (χ1n) is 6.68. The molecule has 0 aliphatic heterocycles. The SMILES string of the molecule is Cc1cc(S(=O)(=O)N[C@@H]2CCCC[C@@H]2C)ccc1F. The third kappa shape index (κ3) is 3.34. The van der Waals surface area contributed by atoms with Crippen LogP contribution >= 0.6 is 0 Å². The van der Waals surface area contributed by atoms with E-state index in [9.17, 15) is 12.8 Å². The standard InChI is InChI=1S/C14H20FNO2S/c1-10-5-3-4-6-14(10)16-19(17,18)12-7-8-13(15)11(2)9-12/h7-10,14,16H,3-6H2,1-2H3/t10-,14+/m0/s1. The number of hydrogen-bond donors (Lipinski definition) is 1. The van der Waals surface area contributed by atoms with Gasteiger partial charge in [-0.05, 0) is 49.4 Å². The predicted octanol–water partition coefficient (Wildman–Crippen LogP) is 2.99. The minimum Gasteiger partial charge on any atom is -0.208 e. The van der Waals surface area contributed by atoms with E-state index < -0.39 is 10.0 Å². The molecule has 1 aromatic rings. The largest absolute Gasteiger partial charge is 0.240 e. The van der Waals surface area contributed by atoms with Crippen molar-refractivity contribution in [1.29, 1.82) is 0 Å². The molecule has 2 rings (SSSR count). The van der Waals surface area contributed by atoms with Gasteiger partial charge in [-0.3, -0.25) is 0 Å². The minimum atomic E-state index is -3.55. The molecule has 0 amide bonds. The number of nitrogens with one attached hydrogen (secondary N) is 1. The first-order chi connectivity index (χ1) is 8.90. The minimum absolute atomic E-state index is 0.0101. The zero-order chi connectivity index (χ0) is 14.0. The summed E-state index contributed by atoms with van der Waals surface area (Å²) in [4.78, 5) is 0.143. The summed E-state index contributed by atoms with van der Waals surface area (Å²) >= 11 is 0. The fourth-order valence-electron chi connectivity index (χ4n) is 2.54. The lowest BCUT2D eigenvalue weighted by Gasteiger charge is -2.29. The average molecular weight is 285 g/mol. The third-order valence-electron chi connectivity index (χ3n) is 3.86. The lowest BCUT2D eigenvalue weighted by Crippen LogP contribution is -2.40. The number of sulfonamides is 1. The molecule has 0 bridgehead atoms. The molecule has 0 radical (unpaired) electrons. The summed E-state index contributed by atoms with van der Waals surface area (Å²) < 4.78 is 40.5. The summed E-state index contributed by atoms with van der Waals surface area (Å²) in [6.07, 6.45) is 4.14. The van der Waals surface area contributed by atoms with Gasteiger partial charge in [0.05, 0.1) is 4.90 Å². The summed E-state index contributed by atoms with van der Waals surface area (Å²) in [5.41, 5.74) is 0.347. The second kappa shape index (κ2) is 5.59. The molecule has 106 valence electrons. The Morgan fingerprint density at radius 1 is 1.26 bits per heavy atom. The molecule has 0 aromatic heterocycles. The Bertz CT molecular complexity index is 557. The molecule has 0 unspecified atom stereocenters. The molecule has 1 aromatic carbocycles. The Kier molecular flexibility index (Phi) is 4.26. The lowest BCUT2D eigenvalue weighted by molar-refractivity contribution is 0.310. The Morgan fingerprint density at radius 3 is 2.58 bits per heavy atom. The Balaban J connectivity index is 2.19. The second-order valence-electron chi connectivity index (χ2n) is 5.40. The first-order valence-corrected chi connectivity index (χ1v) is 8.17. The van der Waals surface area contributed by atoms with E-state index in [1.807, 2.05) is 0 Å². The van der Waals surface area contributed by atoms with Crippen LogP contribution in [0.2, 0.25) is 0 Å². The highest BCUT2D eigenvalue weighted by molar-refractivity contribution is 7.89. The Morgan fingerprint density at radius 2 is 1.95 bits per heavy atom. The zero-order valence-electron chi connectivity index (χ0n) is 11.3. The maximum atomic E-state index is 13.2. The van der Waals surface area contributed by atoms with Crippen LogP contribution in [0.4, 0.5) is 4.39 Å². The molecule has 1 N–H and O–H groups in total. The molecular weight excluding hydrogens is 265 g/mol. The average Bonchev–Trinajstić information content (AvgIpc) is 2.35. The van der Waals surface area contributed by atoms with Crippen molar-refractivity contribution in [2.75, 3.05) is 0 Å². The van der Waals surface area contributed by atoms with Gasteiger partial charge < -0.3 is 0 Å². The van der Waals surface area contributed by atoms with Gasteiger partial charge in [0.15, 0.2) is 0 Å². The van der Waals surface area contributed by atoms with Crippen molar-refractivity contribution < 1.29 is 12.8 Å². The highest BCUT2D eigenvalue weighted by Gasteiger charge is 2.26. The Hall–Kier alpha value is -0.940. The molecule has 0 spiro atoms. The highest BCUT2D eigenvalue weighted by atomic mass is 32.2. The molecule has 2 atom stereocenters. The smallest absolute Gasteiger partial charge is 0.208 e. The molecule has 1 aliphatic rings. The van der Waals surface area contributed by atoms with Crippen molar-refractivity contribution in [3.8, 4) is 0 Å². The van der Waals surface area contributed by atoms with Crippen molar-refractivity contribution in [3.63, 3.8) is 0 Å². The fraction of sp³-hybridized carbons (Fsp3) is 0.571. The third-order valence-corrected chi connectivity index (χ3v) is 5.35. The molecule has 1 saturated carbocycles. The molecular formula is C14H20FNO2S. The number of rotatable bonds is 3. The van der Waals surface area contributed by atoms with Crippen LogP contribution in [-0.2, 0) is 10.0 Å². The van der Waals surface area contributed by atoms with Crippen molar-refractivity contribution in [3.05, 3.63) is 29.6 Å². The second-order valence-corrected chi connectivity index (χ2v) is 7.11. The van der Waals surface area contributed by atoms with Gasteiger partial charge in [-0.15, -0.1) is 0 Å². The van der Waals surface area contributed by atoms with Gasteiger partial charge in [0.1, 0.15) is 5.82 Å². The summed E-state index contributed by atoms with van der Waals surface area (Å²) in [7, 11) is -3.55. The quantitative estimate of drug-likeness (QED) is 0.928. The molecule has 1 fully saturated rings. The summed E-state index contributed by atoms with van der Waals surface area (Å²) in [5, 5.41) is 0. The highest BCUT2D eigenvalue weighted by Crippen LogP contribution is 2.25. The zero-order valence-corrected chi connectivity index (χ0v) is 12.1. The van der Waals surface area contributed by atoms with E-state index in [1.54, 1.807) is 6.92 Å². The van der Waals surface area contributed by atoms with Crippen LogP contribution in [0, 0.1) is 18.7 Å². The van der Waals surface area contributed by atoms with Crippen molar-refractivity contribution >= 4 is 10.0 Å². The Labute approximate surface area is 114 Å². The van der Waals surface area contributed by atoms with Crippen LogP contribution < -0.4 is 4.72 Å². The number of hydrogen-bond acceptors (Lipinski definition) is 2. The van der Waals surface area contributed by atoms with Crippen molar-refractivity contribution in [2.45, 2.75) is 50.5 Å².